The molecule has 0 aromatic carbocycles. The van der Waals surface area contributed by atoms with Crippen LogP contribution in [0.5, 0.6) is 5.75 Å². The van der Waals surface area contributed by atoms with E-state index < -0.39 is 5.97 Å². The second-order valence-corrected chi connectivity index (χ2v) is 4.65. The van der Waals surface area contributed by atoms with Crippen LogP contribution in [-0.2, 0) is 0 Å². The van der Waals surface area contributed by atoms with Crippen molar-refractivity contribution in [2.24, 2.45) is 0 Å². The smallest absolute Gasteiger partial charge is 0.349 e. The minimum Gasteiger partial charge on any atom is -0.505 e. The fraction of sp³-hybridized carbons (Fsp3) is 0.364. The van der Waals surface area contributed by atoms with Crippen molar-refractivity contribution in [3.63, 3.8) is 0 Å². The molecule has 2 heterocycles. The highest BCUT2D eigenvalue weighted by Crippen LogP contribution is 2.35. The molecule has 0 unspecified atom stereocenters. The van der Waals surface area contributed by atoms with E-state index in [-0.39, 0.29) is 10.6 Å². The molecule has 7 heteroatoms. The Labute approximate surface area is 108 Å². The number of rotatable bonds is 4. The van der Waals surface area contributed by atoms with Gasteiger partial charge in [-0.1, -0.05) is 0 Å². The largest absolute Gasteiger partial charge is 0.505 e. The van der Waals surface area contributed by atoms with E-state index in [2.05, 4.69) is 9.97 Å². The molecule has 0 aliphatic carbocycles. The summed E-state index contributed by atoms with van der Waals surface area (Å²) in [4.78, 5) is 21.7. The molecule has 0 saturated heterocycles. The van der Waals surface area contributed by atoms with Crippen LogP contribution in [0.2, 0.25) is 0 Å². The Hall–Kier alpha value is -1.89. The molecule has 0 spiro atoms. The van der Waals surface area contributed by atoms with Crippen LogP contribution in [0.1, 0.15) is 23.5 Å². The highest BCUT2D eigenvalue weighted by Gasteiger charge is 2.19. The van der Waals surface area contributed by atoms with Crippen molar-refractivity contribution in [3.8, 4) is 5.75 Å². The van der Waals surface area contributed by atoms with Gasteiger partial charge in [0, 0.05) is 19.3 Å². The van der Waals surface area contributed by atoms with Crippen LogP contribution >= 0.6 is 11.3 Å². The minimum atomic E-state index is -1.15. The summed E-state index contributed by atoms with van der Waals surface area (Å²) in [5.41, 5.74) is 0. The molecule has 0 aliphatic rings. The van der Waals surface area contributed by atoms with Gasteiger partial charge < -0.3 is 15.1 Å². The van der Waals surface area contributed by atoms with Crippen molar-refractivity contribution in [1.82, 2.24) is 9.97 Å². The van der Waals surface area contributed by atoms with Gasteiger partial charge in [0.25, 0.3) is 0 Å². The average molecular weight is 267 g/mol. The number of aromatic hydroxyl groups is 1. The normalized spacial score (nSPS) is 10.8. The molecule has 0 saturated carbocycles. The number of carboxylic acid groups (broad SMARTS) is 1. The average Bonchev–Trinajstić information content (AvgIpc) is 2.68. The van der Waals surface area contributed by atoms with Gasteiger partial charge in [0.15, 0.2) is 10.6 Å². The van der Waals surface area contributed by atoms with Crippen molar-refractivity contribution in [2.75, 3.05) is 18.0 Å². The first kappa shape index (κ1) is 12.6. The van der Waals surface area contributed by atoms with Crippen LogP contribution < -0.4 is 4.90 Å². The lowest BCUT2D eigenvalue weighted by Gasteiger charge is -2.17. The Morgan fingerprint density at radius 3 is 2.67 bits per heavy atom. The summed E-state index contributed by atoms with van der Waals surface area (Å²) in [5, 5.41) is 19.1. The van der Waals surface area contributed by atoms with Crippen LogP contribution in [0.15, 0.2) is 6.20 Å². The first-order valence-electron chi connectivity index (χ1n) is 5.55. The summed E-state index contributed by atoms with van der Waals surface area (Å²) in [6, 6.07) is 0. The topological polar surface area (TPSA) is 86.5 Å². The van der Waals surface area contributed by atoms with Crippen molar-refractivity contribution in [3.05, 3.63) is 11.1 Å². The number of aromatic carboxylic acids is 1. The Morgan fingerprint density at radius 2 is 2.11 bits per heavy atom. The maximum atomic E-state index is 10.9. The lowest BCUT2D eigenvalue weighted by molar-refractivity contribution is 0.0699. The molecule has 18 heavy (non-hydrogen) atoms. The third-order valence-corrected chi connectivity index (χ3v) is 3.73. The van der Waals surface area contributed by atoms with Crippen molar-refractivity contribution >= 4 is 33.5 Å². The number of fused-ring (bicyclic) bond motifs is 1. The van der Waals surface area contributed by atoms with Crippen molar-refractivity contribution in [2.45, 2.75) is 13.8 Å². The van der Waals surface area contributed by atoms with Gasteiger partial charge in [-0.3, -0.25) is 0 Å². The summed E-state index contributed by atoms with van der Waals surface area (Å²) >= 11 is 0.957. The quantitative estimate of drug-likeness (QED) is 0.880. The standard InChI is InChI=1S/C11H13N3O3S/c1-3-14(4-2)11-12-5-6-7(15)8(10(16)17)18-9(6)13-11/h5,15H,3-4H2,1-2H3,(H,16,17). The molecule has 2 aromatic heterocycles. The Bertz CT molecular complexity index is 592. The first-order valence-corrected chi connectivity index (χ1v) is 6.36. The summed E-state index contributed by atoms with van der Waals surface area (Å²) < 4.78 is 0. The number of hydrogen-bond acceptors (Lipinski definition) is 6. The van der Waals surface area contributed by atoms with Gasteiger partial charge in [-0.05, 0) is 13.8 Å². The molecule has 0 atom stereocenters. The maximum absolute atomic E-state index is 10.9. The van der Waals surface area contributed by atoms with Crippen LogP contribution in [0, 0.1) is 0 Å². The molecule has 2 N–H and O–H groups in total. The van der Waals surface area contributed by atoms with Crippen molar-refractivity contribution < 1.29 is 15.0 Å². The van der Waals surface area contributed by atoms with Crippen LogP contribution in [0.3, 0.4) is 0 Å². The first-order chi connectivity index (χ1) is 8.58. The molecular formula is C11H13N3O3S. The van der Waals surface area contributed by atoms with Crippen LogP contribution in [0.25, 0.3) is 10.2 Å². The molecule has 2 rings (SSSR count). The van der Waals surface area contributed by atoms with E-state index in [0.29, 0.717) is 16.2 Å². The summed E-state index contributed by atoms with van der Waals surface area (Å²) in [5.74, 6) is -0.862. The number of thiophene rings is 1. The molecular weight excluding hydrogens is 254 g/mol. The fourth-order valence-electron chi connectivity index (χ4n) is 1.67. The van der Waals surface area contributed by atoms with Gasteiger partial charge >= 0.3 is 5.97 Å². The van der Waals surface area contributed by atoms with Gasteiger partial charge in [-0.25, -0.2) is 14.8 Å². The number of carbonyl (C=O) groups is 1. The second kappa shape index (κ2) is 4.77. The van der Waals surface area contributed by atoms with Gasteiger partial charge in [-0.15, -0.1) is 11.3 Å². The van der Waals surface area contributed by atoms with E-state index in [0.717, 1.165) is 24.4 Å². The van der Waals surface area contributed by atoms with E-state index in [4.69, 9.17) is 5.11 Å². The Kier molecular flexibility index (Phi) is 3.33. The molecule has 96 valence electrons. The minimum absolute atomic E-state index is 0.101. The summed E-state index contributed by atoms with van der Waals surface area (Å²) in [6.45, 7) is 5.52. The molecule has 0 aliphatic heterocycles. The number of carboxylic acids is 1. The number of nitrogens with zero attached hydrogens (tertiary/aromatic N) is 3. The zero-order chi connectivity index (χ0) is 13.3. The van der Waals surface area contributed by atoms with Crippen LogP contribution in [-0.4, -0.2) is 39.2 Å². The lowest BCUT2D eigenvalue weighted by atomic mass is 10.3. The lowest BCUT2D eigenvalue weighted by Crippen LogP contribution is -2.23. The summed E-state index contributed by atoms with van der Waals surface area (Å²) in [6.07, 6.45) is 1.47. The fourth-order valence-corrected chi connectivity index (χ4v) is 2.54. The zero-order valence-corrected chi connectivity index (χ0v) is 10.9. The molecule has 0 fully saturated rings. The van der Waals surface area contributed by atoms with Crippen molar-refractivity contribution in [1.29, 1.82) is 0 Å². The molecule has 2 aromatic rings. The number of hydrogen-bond donors (Lipinski definition) is 2. The zero-order valence-electron chi connectivity index (χ0n) is 10.0. The van der Waals surface area contributed by atoms with E-state index >= 15 is 0 Å². The van der Waals surface area contributed by atoms with Gasteiger partial charge in [0.1, 0.15) is 4.83 Å². The SMILES string of the molecule is CCN(CC)c1ncc2c(O)c(C(=O)O)sc2n1. The predicted octanol–water partition coefficient (Wildman–Crippen LogP) is 1.94. The Balaban J connectivity index is 2.55. The third-order valence-electron chi connectivity index (χ3n) is 2.65. The molecule has 0 bridgehead atoms. The molecule has 6 nitrogen and oxygen atoms in total. The second-order valence-electron chi connectivity index (χ2n) is 3.65. The highest BCUT2D eigenvalue weighted by molar-refractivity contribution is 7.20. The number of anilines is 1. The van der Waals surface area contributed by atoms with Gasteiger partial charge in [0.05, 0.1) is 5.39 Å². The monoisotopic (exact) mass is 267 g/mol. The highest BCUT2D eigenvalue weighted by atomic mass is 32.1. The van der Waals surface area contributed by atoms with Gasteiger partial charge in [0.2, 0.25) is 5.95 Å². The van der Waals surface area contributed by atoms with E-state index in [9.17, 15) is 9.90 Å². The summed E-state index contributed by atoms with van der Waals surface area (Å²) in [7, 11) is 0. The third kappa shape index (κ3) is 1.97. The number of aromatic nitrogens is 2. The molecule has 0 amide bonds. The van der Waals surface area contributed by atoms with E-state index in [1.165, 1.54) is 6.20 Å². The Morgan fingerprint density at radius 1 is 1.44 bits per heavy atom. The van der Waals surface area contributed by atoms with E-state index in [1.807, 2.05) is 18.7 Å². The van der Waals surface area contributed by atoms with E-state index in [1.54, 1.807) is 0 Å². The predicted molar refractivity (Wildman–Crippen MR) is 69.6 cm³/mol. The molecule has 0 radical (unpaired) electrons. The maximum Gasteiger partial charge on any atom is 0.349 e. The van der Waals surface area contributed by atoms with Gasteiger partial charge in [-0.2, -0.15) is 0 Å². The van der Waals surface area contributed by atoms with Crippen LogP contribution in [0.4, 0.5) is 5.95 Å².